The van der Waals surface area contributed by atoms with Crippen molar-refractivity contribution in [3.05, 3.63) is 83.7 Å². The summed E-state index contributed by atoms with van der Waals surface area (Å²) in [4.78, 5) is 26.9. The summed E-state index contributed by atoms with van der Waals surface area (Å²) in [6.07, 6.45) is 4.66. The highest BCUT2D eigenvalue weighted by Crippen LogP contribution is 2.30. The van der Waals surface area contributed by atoms with E-state index < -0.39 is 0 Å². The van der Waals surface area contributed by atoms with E-state index in [1.54, 1.807) is 12.4 Å². The number of anilines is 2. The number of aliphatic hydroxyl groups is 1. The van der Waals surface area contributed by atoms with E-state index in [0.29, 0.717) is 36.8 Å². The first-order valence-corrected chi connectivity index (χ1v) is 10.8. The van der Waals surface area contributed by atoms with Gasteiger partial charge < -0.3 is 15.7 Å². The maximum Gasteiger partial charge on any atom is 0.346 e. The van der Waals surface area contributed by atoms with Gasteiger partial charge in [-0.2, -0.15) is 5.06 Å². The minimum absolute atomic E-state index is 0.115. The maximum absolute atomic E-state index is 12.8. The van der Waals surface area contributed by atoms with Crippen molar-refractivity contribution >= 4 is 17.7 Å². The quantitative estimate of drug-likeness (QED) is 0.398. The van der Waals surface area contributed by atoms with Crippen LogP contribution in [0.2, 0.25) is 0 Å². The lowest BCUT2D eigenvalue weighted by Crippen LogP contribution is -2.33. The van der Waals surface area contributed by atoms with Gasteiger partial charge in [-0.3, -0.25) is 4.84 Å². The molecule has 1 aliphatic rings. The number of carbonyl (C=O) groups excluding carboxylic acids is 1. The van der Waals surface area contributed by atoms with Gasteiger partial charge in [0.1, 0.15) is 0 Å². The maximum atomic E-state index is 12.8. The van der Waals surface area contributed by atoms with Crippen LogP contribution >= 0.6 is 0 Å². The summed E-state index contributed by atoms with van der Waals surface area (Å²) >= 11 is 0. The minimum atomic E-state index is -0.316. The van der Waals surface area contributed by atoms with Crippen LogP contribution in [0.3, 0.4) is 0 Å². The molecule has 2 aromatic carbocycles. The molecule has 3 N–H and O–H groups in total. The Morgan fingerprint density at radius 2 is 1.88 bits per heavy atom. The van der Waals surface area contributed by atoms with Gasteiger partial charge in [0.2, 0.25) is 5.95 Å². The number of amides is 2. The number of aliphatic hydroxyl groups excluding tert-OH is 1. The van der Waals surface area contributed by atoms with Gasteiger partial charge >= 0.3 is 6.03 Å². The van der Waals surface area contributed by atoms with Gasteiger partial charge in [-0.05, 0) is 30.2 Å². The molecule has 168 valence electrons. The zero-order chi connectivity index (χ0) is 22.9. The Labute approximate surface area is 192 Å². The van der Waals surface area contributed by atoms with E-state index in [-0.39, 0.29) is 18.7 Å². The van der Waals surface area contributed by atoms with Crippen LogP contribution in [0.5, 0.6) is 0 Å². The van der Waals surface area contributed by atoms with E-state index in [4.69, 9.17) is 9.94 Å². The normalized spacial score (nSPS) is 14.9. The van der Waals surface area contributed by atoms with E-state index in [9.17, 15) is 4.79 Å². The molecule has 4 rings (SSSR count). The number of hydroxylamine groups is 2. The van der Waals surface area contributed by atoms with Gasteiger partial charge in [-0.15, -0.1) is 0 Å². The van der Waals surface area contributed by atoms with Crippen LogP contribution in [0, 0.1) is 11.8 Å². The second-order valence-electron chi connectivity index (χ2n) is 7.43. The van der Waals surface area contributed by atoms with Crippen LogP contribution in [0.15, 0.2) is 67.0 Å². The Morgan fingerprint density at radius 1 is 1.09 bits per heavy atom. The number of carbonyl (C=O) groups is 1. The fourth-order valence-corrected chi connectivity index (χ4v) is 3.41. The van der Waals surface area contributed by atoms with E-state index >= 15 is 0 Å². The van der Waals surface area contributed by atoms with Crippen LogP contribution in [-0.2, 0) is 4.84 Å². The number of hydrogen-bond donors (Lipinski definition) is 3. The largest absolute Gasteiger partial charge is 0.396 e. The smallest absolute Gasteiger partial charge is 0.346 e. The fourth-order valence-electron chi connectivity index (χ4n) is 3.41. The number of hydrogen-bond acceptors (Lipinski definition) is 6. The van der Waals surface area contributed by atoms with E-state index in [0.717, 1.165) is 17.5 Å². The van der Waals surface area contributed by atoms with Crippen molar-refractivity contribution in [2.75, 3.05) is 30.4 Å². The molecule has 0 bridgehead atoms. The van der Waals surface area contributed by atoms with Crippen molar-refractivity contribution in [1.82, 2.24) is 15.0 Å². The predicted molar refractivity (Wildman–Crippen MR) is 125 cm³/mol. The lowest BCUT2D eigenvalue weighted by Gasteiger charge is -2.23. The molecule has 0 saturated carbocycles. The molecule has 0 spiro atoms. The number of benzene rings is 2. The third-order valence-electron chi connectivity index (χ3n) is 5.02. The Kier molecular flexibility index (Phi) is 7.48. The van der Waals surface area contributed by atoms with Gasteiger partial charge in [0.25, 0.3) is 0 Å². The van der Waals surface area contributed by atoms with Crippen LogP contribution in [0.1, 0.15) is 35.6 Å². The van der Waals surface area contributed by atoms with Crippen molar-refractivity contribution in [2.24, 2.45) is 0 Å². The van der Waals surface area contributed by atoms with E-state index in [1.807, 2.05) is 54.6 Å². The summed E-state index contributed by atoms with van der Waals surface area (Å²) < 4.78 is 0. The number of rotatable bonds is 6. The molecular formula is C25H25N5O3. The predicted octanol–water partition coefficient (Wildman–Crippen LogP) is 3.58. The first kappa shape index (κ1) is 22.3. The molecule has 1 saturated heterocycles. The first-order chi connectivity index (χ1) is 16.2. The molecule has 2 amide bonds. The average Bonchev–Trinajstić information content (AvgIpc) is 3.35. The third-order valence-corrected chi connectivity index (χ3v) is 5.02. The summed E-state index contributed by atoms with van der Waals surface area (Å²) in [5.74, 6) is 6.60. The van der Waals surface area contributed by atoms with Crippen molar-refractivity contribution < 1.29 is 14.7 Å². The zero-order valence-corrected chi connectivity index (χ0v) is 18.1. The molecule has 8 heteroatoms. The highest BCUT2D eigenvalue weighted by Gasteiger charge is 2.31. The van der Waals surface area contributed by atoms with Crippen LogP contribution in [0.4, 0.5) is 16.4 Å². The first-order valence-electron chi connectivity index (χ1n) is 10.8. The Bertz CT molecular complexity index is 1130. The van der Waals surface area contributed by atoms with Gasteiger partial charge in [0.05, 0.1) is 18.2 Å². The summed E-state index contributed by atoms with van der Waals surface area (Å²) in [5.41, 5.74) is 3.10. The molecule has 1 aromatic heterocycles. The molecule has 2 heterocycles. The fraction of sp³-hybridized carbons (Fsp3) is 0.240. The second kappa shape index (κ2) is 11.1. The topological polar surface area (TPSA) is 99.6 Å². The van der Waals surface area contributed by atoms with Crippen LogP contribution in [-0.4, -0.2) is 45.9 Å². The molecule has 1 atom stereocenters. The zero-order valence-electron chi connectivity index (χ0n) is 18.1. The van der Waals surface area contributed by atoms with Gasteiger partial charge in [0, 0.05) is 43.2 Å². The molecule has 1 aliphatic heterocycles. The van der Waals surface area contributed by atoms with Crippen molar-refractivity contribution in [3.8, 4) is 11.8 Å². The van der Waals surface area contributed by atoms with Crippen molar-refractivity contribution in [2.45, 2.75) is 18.9 Å². The molecular weight excluding hydrogens is 418 g/mol. The lowest BCUT2D eigenvalue weighted by atomic mass is 10.1. The molecule has 3 aromatic rings. The molecule has 1 fully saturated rings. The van der Waals surface area contributed by atoms with Gasteiger partial charge in [-0.25, -0.2) is 14.8 Å². The Hall–Kier alpha value is -3.93. The van der Waals surface area contributed by atoms with Crippen LogP contribution in [0.25, 0.3) is 0 Å². The highest BCUT2D eigenvalue weighted by molar-refractivity contribution is 5.89. The summed E-state index contributed by atoms with van der Waals surface area (Å²) in [6.45, 7) is 1.22. The number of aromatic nitrogens is 2. The van der Waals surface area contributed by atoms with E-state index in [2.05, 4.69) is 32.4 Å². The number of nitrogens with zero attached hydrogens (tertiary/aromatic N) is 3. The Morgan fingerprint density at radius 3 is 2.67 bits per heavy atom. The van der Waals surface area contributed by atoms with Gasteiger partial charge in [-0.1, -0.05) is 48.2 Å². The number of nitrogens with one attached hydrogen (secondary N) is 2. The lowest BCUT2D eigenvalue weighted by molar-refractivity contribution is -0.0829. The average molecular weight is 444 g/mol. The molecule has 8 nitrogen and oxygen atoms in total. The summed E-state index contributed by atoms with van der Waals surface area (Å²) in [5, 5.41) is 16.1. The monoisotopic (exact) mass is 443 g/mol. The second-order valence-corrected chi connectivity index (χ2v) is 7.43. The molecule has 0 radical (unpaired) electrons. The molecule has 33 heavy (non-hydrogen) atoms. The summed E-state index contributed by atoms with van der Waals surface area (Å²) in [7, 11) is 0. The number of urea groups is 1. The third kappa shape index (κ3) is 6.07. The SMILES string of the molecule is O=C(Nc1cccc(C#Cc2cnc(NCCCO)nc2)c1)N1OCC[C@H]1c1ccccc1. The van der Waals surface area contributed by atoms with E-state index in [1.165, 1.54) is 5.06 Å². The standard InChI is InChI=1S/C25H25N5O3/c31-14-5-13-26-24-27-17-20(18-28-24)11-10-19-6-4-9-22(16-19)29-25(32)30-23(12-15-33-30)21-7-2-1-3-8-21/h1-4,6-9,16-18,23,31H,5,12-15H2,(H,29,32)(H,26,27,28)/t23-/m0/s1. The highest BCUT2D eigenvalue weighted by atomic mass is 16.7. The minimum Gasteiger partial charge on any atom is -0.396 e. The van der Waals surface area contributed by atoms with Crippen molar-refractivity contribution in [3.63, 3.8) is 0 Å². The van der Waals surface area contributed by atoms with Gasteiger partial charge in [0.15, 0.2) is 0 Å². The van der Waals surface area contributed by atoms with Crippen LogP contribution < -0.4 is 10.6 Å². The molecule has 0 aliphatic carbocycles. The summed E-state index contributed by atoms with van der Waals surface area (Å²) in [6, 6.07) is 16.8. The van der Waals surface area contributed by atoms with Crippen molar-refractivity contribution in [1.29, 1.82) is 0 Å². The Balaban J connectivity index is 1.39. The molecule has 0 unspecified atom stereocenters.